The van der Waals surface area contributed by atoms with E-state index in [1.54, 1.807) is 26.0 Å². The maximum Gasteiger partial charge on any atom is 0.315 e. The van der Waals surface area contributed by atoms with Crippen LogP contribution in [0.3, 0.4) is 0 Å². The molecule has 0 aliphatic heterocycles. The van der Waals surface area contributed by atoms with Crippen molar-refractivity contribution in [1.29, 1.82) is 0 Å². The number of ether oxygens (including phenoxy) is 1. The largest absolute Gasteiger partial charge is 0.468 e. The van der Waals surface area contributed by atoms with Gasteiger partial charge < -0.3 is 4.74 Å². The second kappa shape index (κ2) is 4.49. The van der Waals surface area contributed by atoms with Crippen LogP contribution in [0.2, 0.25) is 0 Å². The van der Waals surface area contributed by atoms with E-state index < -0.39 is 21.2 Å². The number of carbonyl (C=O) groups excluding carboxylic acids is 1. The Balaban J connectivity index is 3.30. The number of hydrogen-bond donors (Lipinski definition) is 0. The Bertz CT molecular complexity index is 529. The zero-order valence-corrected chi connectivity index (χ0v) is 11.2. The smallest absolute Gasteiger partial charge is 0.315 e. The zero-order chi connectivity index (χ0) is 13.3. The van der Waals surface area contributed by atoms with Crippen molar-refractivity contribution in [2.24, 2.45) is 0 Å². The van der Waals surface area contributed by atoms with E-state index in [1.165, 1.54) is 19.2 Å². The first kappa shape index (κ1) is 13.7. The van der Waals surface area contributed by atoms with Gasteiger partial charge in [0.1, 0.15) is 0 Å². The second-order valence-electron chi connectivity index (χ2n) is 4.42. The molecule has 1 aromatic carbocycles. The van der Waals surface area contributed by atoms with Crippen LogP contribution in [-0.4, -0.2) is 27.8 Å². The first-order chi connectivity index (χ1) is 7.69. The molecule has 0 aliphatic rings. The Hall–Kier alpha value is -1.36. The van der Waals surface area contributed by atoms with Gasteiger partial charge in [-0.3, -0.25) is 4.79 Å². The van der Waals surface area contributed by atoms with Gasteiger partial charge in [0.2, 0.25) is 0 Å². The van der Waals surface area contributed by atoms with Gasteiger partial charge in [-0.1, -0.05) is 12.1 Å². The molecule has 1 rings (SSSR count). The fourth-order valence-corrected chi connectivity index (χ4v) is 2.16. The highest BCUT2D eigenvalue weighted by atomic mass is 32.2. The minimum Gasteiger partial charge on any atom is -0.468 e. The number of esters is 1. The topological polar surface area (TPSA) is 60.4 Å². The summed E-state index contributed by atoms with van der Waals surface area (Å²) in [4.78, 5) is 11.8. The molecular weight excluding hydrogens is 240 g/mol. The summed E-state index contributed by atoms with van der Waals surface area (Å²) in [6.45, 7) is 3.39. The molecule has 4 nitrogen and oxygen atoms in total. The third kappa shape index (κ3) is 2.85. The summed E-state index contributed by atoms with van der Waals surface area (Å²) >= 11 is 0. The Labute approximate surface area is 102 Å². The molecule has 0 aliphatic carbocycles. The molecule has 5 heteroatoms. The Morgan fingerprint density at radius 3 is 2.35 bits per heavy atom. The third-order valence-electron chi connectivity index (χ3n) is 2.68. The second-order valence-corrected chi connectivity index (χ2v) is 6.43. The maximum atomic E-state index is 11.6. The molecule has 0 heterocycles. The molecule has 0 spiro atoms. The molecule has 0 aromatic heterocycles. The van der Waals surface area contributed by atoms with Gasteiger partial charge in [0.15, 0.2) is 9.84 Å². The fraction of sp³-hybridized carbons (Fsp3) is 0.417. The van der Waals surface area contributed by atoms with Gasteiger partial charge in [-0.25, -0.2) is 8.42 Å². The predicted octanol–water partition coefficient (Wildman–Crippen LogP) is 1.54. The summed E-state index contributed by atoms with van der Waals surface area (Å²) in [5.74, 6) is -0.400. The lowest BCUT2D eigenvalue weighted by Crippen LogP contribution is -2.30. The van der Waals surface area contributed by atoms with E-state index in [0.717, 1.165) is 6.26 Å². The average molecular weight is 256 g/mol. The summed E-state index contributed by atoms with van der Waals surface area (Å²) in [7, 11) is -1.96. The van der Waals surface area contributed by atoms with E-state index in [1.807, 2.05) is 0 Å². The molecule has 94 valence electrons. The lowest BCUT2D eigenvalue weighted by Gasteiger charge is -2.22. The van der Waals surface area contributed by atoms with E-state index in [-0.39, 0.29) is 4.90 Å². The Morgan fingerprint density at radius 1 is 1.29 bits per heavy atom. The van der Waals surface area contributed by atoms with Gasteiger partial charge in [0.25, 0.3) is 0 Å². The van der Waals surface area contributed by atoms with Gasteiger partial charge in [-0.05, 0) is 31.5 Å². The fourth-order valence-electron chi connectivity index (χ4n) is 1.49. The molecule has 17 heavy (non-hydrogen) atoms. The number of sulfone groups is 1. The minimum absolute atomic E-state index is 0.201. The number of benzene rings is 1. The van der Waals surface area contributed by atoms with Gasteiger partial charge in [0, 0.05) is 6.26 Å². The van der Waals surface area contributed by atoms with E-state index in [2.05, 4.69) is 0 Å². The third-order valence-corrected chi connectivity index (χ3v) is 3.79. The highest BCUT2D eigenvalue weighted by Gasteiger charge is 2.31. The number of carbonyl (C=O) groups is 1. The van der Waals surface area contributed by atoms with Crippen LogP contribution < -0.4 is 0 Å². The average Bonchev–Trinajstić information content (AvgIpc) is 2.27. The van der Waals surface area contributed by atoms with Crippen LogP contribution in [0.1, 0.15) is 19.4 Å². The molecule has 0 atom stereocenters. The molecular formula is C12H16O4S. The van der Waals surface area contributed by atoms with Crippen molar-refractivity contribution < 1.29 is 17.9 Å². The summed E-state index contributed by atoms with van der Waals surface area (Å²) in [5.41, 5.74) is -0.248. The van der Waals surface area contributed by atoms with Crippen LogP contribution >= 0.6 is 0 Å². The van der Waals surface area contributed by atoms with Crippen LogP contribution in [0, 0.1) is 0 Å². The monoisotopic (exact) mass is 256 g/mol. The van der Waals surface area contributed by atoms with Crippen LogP contribution in [0.4, 0.5) is 0 Å². The summed E-state index contributed by atoms with van der Waals surface area (Å²) in [6, 6.07) is 6.35. The van der Waals surface area contributed by atoms with Crippen molar-refractivity contribution in [2.45, 2.75) is 24.2 Å². The lowest BCUT2D eigenvalue weighted by atomic mass is 9.85. The van der Waals surface area contributed by atoms with Crippen LogP contribution in [0.5, 0.6) is 0 Å². The van der Waals surface area contributed by atoms with Gasteiger partial charge >= 0.3 is 5.97 Å². The molecule has 0 fully saturated rings. The van der Waals surface area contributed by atoms with Crippen LogP contribution in [-0.2, 0) is 24.8 Å². The molecule has 0 amide bonds. The van der Waals surface area contributed by atoms with Gasteiger partial charge in [-0.15, -0.1) is 0 Å². The van der Waals surface area contributed by atoms with Gasteiger partial charge in [-0.2, -0.15) is 0 Å². The first-order valence-corrected chi connectivity index (χ1v) is 6.97. The minimum atomic E-state index is -3.27. The molecule has 0 saturated heterocycles. The summed E-state index contributed by atoms with van der Waals surface area (Å²) in [5, 5.41) is 0. The van der Waals surface area contributed by atoms with Crippen LogP contribution in [0.25, 0.3) is 0 Å². The summed E-state index contributed by atoms with van der Waals surface area (Å²) < 4.78 is 27.6. The van der Waals surface area contributed by atoms with Gasteiger partial charge in [0.05, 0.1) is 17.4 Å². The Kier molecular flexibility index (Phi) is 3.62. The maximum absolute atomic E-state index is 11.6. The molecule has 1 aromatic rings. The number of methoxy groups -OCH3 is 1. The predicted molar refractivity (Wildman–Crippen MR) is 64.6 cm³/mol. The van der Waals surface area contributed by atoms with E-state index >= 15 is 0 Å². The standard InChI is InChI=1S/C12H16O4S/c1-12(2,11(13)16-3)9-6-5-7-10(8-9)17(4,14)15/h5-8H,1-4H3. The molecule has 0 unspecified atom stereocenters. The van der Waals surface area contributed by atoms with Crippen molar-refractivity contribution in [2.75, 3.05) is 13.4 Å². The van der Waals surface area contributed by atoms with E-state index in [4.69, 9.17) is 4.74 Å². The molecule has 0 radical (unpaired) electrons. The number of rotatable bonds is 3. The van der Waals surface area contributed by atoms with E-state index in [9.17, 15) is 13.2 Å². The quantitative estimate of drug-likeness (QED) is 0.770. The summed E-state index contributed by atoms with van der Waals surface area (Å²) in [6.07, 6.45) is 1.14. The SMILES string of the molecule is COC(=O)C(C)(C)c1cccc(S(C)(=O)=O)c1. The van der Waals surface area contributed by atoms with Crippen molar-refractivity contribution in [3.05, 3.63) is 29.8 Å². The normalized spacial score (nSPS) is 12.2. The van der Waals surface area contributed by atoms with Crippen LogP contribution in [0.15, 0.2) is 29.2 Å². The molecule has 0 bridgehead atoms. The van der Waals surface area contributed by atoms with Crippen molar-refractivity contribution in [1.82, 2.24) is 0 Å². The molecule has 0 saturated carbocycles. The first-order valence-electron chi connectivity index (χ1n) is 5.08. The lowest BCUT2D eigenvalue weighted by molar-refractivity contribution is -0.146. The van der Waals surface area contributed by atoms with Crippen molar-refractivity contribution in [3.63, 3.8) is 0 Å². The zero-order valence-electron chi connectivity index (χ0n) is 10.4. The molecule has 0 N–H and O–H groups in total. The van der Waals surface area contributed by atoms with Crippen molar-refractivity contribution >= 4 is 15.8 Å². The number of hydrogen-bond acceptors (Lipinski definition) is 4. The van der Waals surface area contributed by atoms with Crippen molar-refractivity contribution in [3.8, 4) is 0 Å². The highest BCUT2D eigenvalue weighted by molar-refractivity contribution is 7.90. The van der Waals surface area contributed by atoms with E-state index in [0.29, 0.717) is 5.56 Å². The Morgan fingerprint density at radius 2 is 1.88 bits per heavy atom. The highest BCUT2D eigenvalue weighted by Crippen LogP contribution is 2.26.